The Morgan fingerprint density at radius 3 is 2.70 bits per heavy atom. The zero-order valence-corrected chi connectivity index (χ0v) is 18.5. The number of amides is 1. The highest BCUT2D eigenvalue weighted by Gasteiger charge is 2.24. The predicted molar refractivity (Wildman–Crippen MR) is 119 cm³/mol. The molecule has 0 N–H and O–H groups in total. The first kappa shape index (κ1) is 21.2. The van der Waals surface area contributed by atoms with Crippen molar-refractivity contribution >= 4 is 44.2 Å². The molecule has 2 heterocycles. The summed E-state index contributed by atoms with van der Waals surface area (Å²) in [7, 11) is 0. The van der Waals surface area contributed by atoms with Gasteiger partial charge in [0, 0.05) is 26.2 Å². The van der Waals surface area contributed by atoms with E-state index in [1.54, 1.807) is 4.90 Å². The van der Waals surface area contributed by atoms with E-state index in [9.17, 15) is 9.18 Å². The largest absolute Gasteiger partial charge is 0.379 e. The molecule has 1 aliphatic rings. The van der Waals surface area contributed by atoms with E-state index < -0.39 is 5.82 Å². The van der Waals surface area contributed by atoms with Crippen LogP contribution in [0.4, 0.5) is 9.52 Å². The van der Waals surface area contributed by atoms with Gasteiger partial charge in [-0.15, -0.1) is 0 Å². The summed E-state index contributed by atoms with van der Waals surface area (Å²) in [5.41, 5.74) is 3.48. The van der Waals surface area contributed by atoms with Crippen molar-refractivity contribution < 1.29 is 13.9 Å². The minimum Gasteiger partial charge on any atom is -0.379 e. The van der Waals surface area contributed by atoms with Crippen LogP contribution in [0.2, 0.25) is 5.02 Å². The van der Waals surface area contributed by atoms with Crippen LogP contribution in [-0.2, 0) is 4.74 Å². The molecule has 5 nitrogen and oxygen atoms in total. The van der Waals surface area contributed by atoms with Crippen molar-refractivity contribution in [3.05, 3.63) is 57.9 Å². The van der Waals surface area contributed by atoms with Crippen molar-refractivity contribution in [2.75, 3.05) is 44.3 Å². The SMILES string of the molecule is Cc1cc2nc(N(CCN3CCOCC3)C(=O)c3ccc(F)cc3Cl)sc2cc1C. The van der Waals surface area contributed by atoms with Gasteiger partial charge in [-0.1, -0.05) is 22.9 Å². The maximum atomic E-state index is 13.5. The van der Waals surface area contributed by atoms with Crippen molar-refractivity contribution in [2.24, 2.45) is 0 Å². The molecule has 0 unspecified atom stereocenters. The van der Waals surface area contributed by atoms with Gasteiger partial charge in [0.2, 0.25) is 0 Å². The van der Waals surface area contributed by atoms with Crippen molar-refractivity contribution in [2.45, 2.75) is 13.8 Å². The van der Waals surface area contributed by atoms with E-state index in [4.69, 9.17) is 21.3 Å². The van der Waals surface area contributed by atoms with Gasteiger partial charge in [0.15, 0.2) is 5.13 Å². The smallest absolute Gasteiger partial charge is 0.261 e. The van der Waals surface area contributed by atoms with Crippen LogP contribution in [0.1, 0.15) is 21.5 Å². The lowest BCUT2D eigenvalue weighted by Crippen LogP contribution is -2.43. The monoisotopic (exact) mass is 447 g/mol. The molecule has 0 radical (unpaired) electrons. The molecule has 1 aliphatic heterocycles. The highest BCUT2D eigenvalue weighted by Crippen LogP contribution is 2.32. The number of thiazole rings is 1. The topological polar surface area (TPSA) is 45.7 Å². The van der Waals surface area contributed by atoms with Crippen LogP contribution in [0.5, 0.6) is 0 Å². The first-order valence-corrected chi connectivity index (χ1v) is 11.1. The summed E-state index contributed by atoms with van der Waals surface area (Å²) in [6.45, 7) is 8.32. The average Bonchev–Trinajstić information content (AvgIpc) is 3.11. The number of aryl methyl sites for hydroxylation is 2. The van der Waals surface area contributed by atoms with Gasteiger partial charge in [0.25, 0.3) is 5.91 Å². The number of hydrogen-bond donors (Lipinski definition) is 0. The number of carbonyl (C=O) groups is 1. The van der Waals surface area contributed by atoms with E-state index in [1.807, 2.05) is 13.0 Å². The van der Waals surface area contributed by atoms with Crippen LogP contribution < -0.4 is 4.90 Å². The van der Waals surface area contributed by atoms with Crippen LogP contribution in [0.3, 0.4) is 0 Å². The lowest BCUT2D eigenvalue weighted by atomic mass is 10.1. The Morgan fingerprint density at radius 1 is 1.23 bits per heavy atom. The fraction of sp³-hybridized carbons (Fsp3) is 0.364. The van der Waals surface area contributed by atoms with Crippen LogP contribution in [0, 0.1) is 19.7 Å². The van der Waals surface area contributed by atoms with Crippen LogP contribution in [0.15, 0.2) is 30.3 Å². The maximum Gasteiger partial charge on any atom is 0.261 e. The number of nitrogens with zero attached hydrogens (tertiary/aromatic N) is 3. The summed E-state index contributed by atoms with van der Waals surface area (Å²) < 4.78 is 19.9. The number of carbonyl (C=O) groups excluding carboxylic acids is 1. The van der Waals surface area contributed by atoms with E-state index in [0.29, 0.717) is 31.4 Å². The Bertz CT molecular complexity index is 1040. The number of fused-ring (bicyclic) bond motifs is 1. The normalized spacial score (nSPS) is 14.9. The van der Waals surface area contributed by atoms with Gasteiger partial charge in [-0.05, 0) is 55.3 Å². The lowest BCUT2D eigenvalue weighted by Gasteiger charge is -2.29. The molecule has 4 rings (SSSR count). The van der Waals surface area contributed by atoms with Crippen molar-refractivity contribution in [1.82, 2.24) is 9.88 Å². The Labute approximate surface area is 184 Å². The molecular weight excluding hydrogens is 425 g/mol. The van der Waals surface area contributed by atoms with E-state index in [0.717, 1.165) is 28.9 Å². The van der Waals surface area contributed by atoms with Gasteiger partial charge in [-0.2, -0.15) is 0 Å². The standard InChI is InChI=1S/C22H23ClFN3O2S/c1-14-11-19-20(12-15(14)2)30-22(25-19)27(6-5-26-7-9-29-10-8-26)21(28)17-4-3-16(24)13-18(17)23/h3-4,11-13H,5-10H2,1-2H3. The number of halogens is 2. The molecule has 0 atom stereocenters. The third kappa shape index (κ3) is 4.49. The molecule has 0 aliphatic carbocycles. The summed E-state index contributed by atoms with van der Waals surface area (Å²) in [5, 5.41) is 0.720. The molecule has 0 spiro atoms. The van der Waals surface area contributed by atoms with E-state index in [-0.39, 0.29) is 16.5 Å². The number of rotatable bonds is 5. The molecule has 8 heteroatoms. The summed E-state index contributed by atoms with van der Waals surface area (Å²) >= 11 is 7.67. The second-order valence-corrected chi connectivity index (χ2v) is 8.85. The van der Waals surface area contributed by atoms with Crippen molar-refractivity contribution in [3.8, 4) is 0 Å². The quantitative estimate of drug-likeness (QED) is 0.569. The Balaban J connectivity index is 1.68. The lowest BCUT2D eigenvalue weighted by molar-refractivity contribution is 0.0391. The van der Waals surface area contributed by atoms with E-state index in [1.165, 1.54) is 35.1 Å². The minimum atomic E-state index is -0.470. The fourth-order valence-corrected chi connectivity index (χ4v) is 4.76. The number of anilines is 1. The van der Waals surface area contributed by atoms with Crippen LogP contribution in [0.25, 0.3) is 10.2 Å². The number of aromatic nitrogens is 1. The van der Waals surface area contributed by atoms with Gasteiger partial charge in [0.05, 0.1) is 34.0 Å². The maximum absolute atomic E-state index is 13.5. The molecule has 1 amide bonds. The van der Waals surface area contributed by atoms with Gasteiger partial charge < -0.3 is 4.74 Å². The average molecular weight is 448 g/mol. The third-order valence-corrected chi connectivity index (χ3v) is 6.73. The Morgan fingerprint density at radius 2 is 1.97 bits per heavy atom. The summed E-state index contributed by atoms with van der Waals surface area (Å²) in [5.74, 6) is -0.747. The van der Waals surface area contributed by atoms with E-state index in [2.05, 4.69) is 17.9 Å². The Kier molecular flexibility index (Phi) is 6.34. The summed E-state index contributed by atoms with van der Waals surface area (Å²) in [4.78, 5) is 22.1. The number of benzene rings is 2. The molecule has 0 bridgehead atoms. The zero-order chi connectivity index (χ0) is 21.3. The minimum absolute atomic E-state index is 0.101. The molecule has 0 saturated carbocycles. The molecule has 1 fully saturated rings. The van der Waals surface area contributed by atoms with Gasteiger partial charge in [-0.3, -0.25) is 14.6 Å². The molecule has 30 heavy (non-hydrogen) atoms. The Hall–Kier alpha value is -2.06. The second kappa shape index (κ2) is 8.98. The van der Waals surface area contributed by atoms with Gasteiger partial charge in [0.1, 0.15) is 5.82 Å². The first-order valence-electron chi connectivity index (χ1n) is 9.87. The number of morpholine rings is 1. The molecule has 2 aromatic carbocycles. The van der Waals surface area contributed by atoms with Crippen LogP contribution in [-0.4, -0.2) is 55.2 Å². The molecule has 1 aromatic heterocycles. The first-order chi connectivity index (χ1) is 14.4. The summed E-state index contributed by atoms with van der Waals surface area (Å²) in [6, 6.07) is 8.00. The van der Waals surface area contributed by atoms with E-state index >= 15 is 0 Å². The third-order valence-electron chi connectivity index (χ3n) is 5.37. The highest BCUT2D eigenvalue weighted by molar-refractivity contribution is 7.22. The summed E-state index contributed by atoms with van der Waals surface area (Å²) in [6.07, 6.45) is 0. The predicted octanol–water partition coefficient (Wildman–Crippen LogP) is 4.68. The van der Waals surface area contributed by atoms with Gasteiger partial charge in [-0.25, -0.2) is 9.37 Å². The molecule has 1 saturated heterocycles. The highest BCUT2D eigenvalue weighted by atomic mass is 35.5. The van der Waals surface area contributed by atoms with Crippen molar-refractivity contribution in [1.29, 1.82) is 0 Å². The van der Waals surface area contributed by atoms with Crippen LogP contribution >= 0.6 is 22.9 Å². The zero-order valence-electron chi connectivity index (χ0n) is 17.0. The molecule has 3 aromatic rings. The number of hydrogen-bond acceptors (Lipinski definition) is 5. The van der Waals surface area contributed by atoms with Crippen molar-refractivity contribution in [3.63, 3.8) is 0 Å². The molecule has 158 valence electrons. The number of ether oxygens (including phenoxy) is 1. The van der Waals surface area contributed by atoms with Gasteiger partial charge >= 0.3 is 0 Å². The fourth-order valence-electron chi connectivity index (χ4n) is 3.44. The second-order valence-electron chi connectivity index (χ2n) is 7.44. The molecular formula is C22H23ClFN3O2S.